The lowest BCUT2D eigenvalue weighted by atomic mass is 9.81. The van der Waals surface area contributed by atoms with Crippen LogP contribution < -0.4 is 4.74 Å². The summed E-state index contributed by atoms with van der Waals surface area (Å²) in [6.45, 7) is 6.94. The summed E-state index contributed by atoms with van der Waals surface area (Å²) in [6.07, 6.45) is -1.82. The molecule has 0 saturated carbocycles. The fourth-order valence-electron chi connectivity index (χ4n) is 3.47. The minimum atomic E-state index is -4.31. The highest BCUT2D eigenvalue weighted by molar-refractivity contribution is 8.00. The Morgan fingerprint density at radius 3 is 2.12 bits per heavy atom. The highest BCUT2D eigenvalue weighted by Gasteiger charge is 2.41. The third-order valence-electron chi connectivity index (χ3n) is 4.91. The van der Waals surface area contributed by atoms with Gasteiger partial charge in [-0.2, -0.15) is 24.9 Å². The van der Waals surface area contributed by atoms with Crippen molar-refractivity contribution in [3.05, 3.63) is 29.8 Å². The zero-order chi connectivity index (χ0) is 17.4. The Morgan fingerprint density at radius 2 is 1.67 bits per heavy atom. The van der Waals surface area contributed by atoms with Crippen molar-refractivity contribution in [3.8, 4) is 5.75 Å². The van der Waals surface area contributed by atoms with E-state index in [4.69, 9.17) is 4.74 Å². The van der Waals surface area contributed by atoms with Crippen LogP contribution in [-0.2, 0) is 6.18 Å². The van der Waals surface area contributed by atoms with Crippen LogP contribution in [-0.4, -0.2) is 41.6 Å². The largest absolute Gasteiger partial charge is 0.487 e. The summed E-state index contributed by atoms with van der Waals surface area (Å²) in [7, 11) is 0. The molecule has 0 bridgehead atoms. The van der Waals surface area contributed by atoms with Crippen LogP contribution in [0.3, 0.4) is 0 Å². The number of nitrogens with zero attached hydrogens (tertiary/aromatic N) is 1. The normalized spacial score (nSPS) is 21.5. The molecule has 2 aliphatic heterocycles. The second kappa shape index (κ2) is 6.45. The second-order valence-corrected chi connectivity index (χ2v) is 8.64. The molecule has 24 heavy (non-hydrogen) atoms. The third kappa shape index (κ3) is 4.20. The van der Waals surface area contributed by atoms with E-state index in [1.807, 2.05) is 25.6 Å². The summed E-state index contributed by atoms with van der Waals surface area (Å²) in [5, 5.41) is 0. The van der Waals surface area contributed by atoms with Crippen LogP contribution in [0, 0.1) is 5.41 Å². The lowest BCUT2D eigenvalue weighted by Crippen LogP contribution is -2.51. The Morgan fingerprint density at radius 1 is 1.08 bits per heavy atom. The molecule has 134 valence electrons. The molecule has 6 heteroatoms. The van der Waals surface area contributed by atoms with Gasteiger partial charge in [0.2, 0.25) is 0 Å². The minimum absolute atomic E-state index is 0.432. The molecule has 0 aromatic heterocycles. The van der Waals surface area contributed by atoms with Gasteiger partial charge in [-0.1, -0.05) is 0 Å². The Hall–Kier alpha value is -0.880. The van der Waals surface area contributed by atoms with Crippen LogP contribution >= 0.6 is 11.8 Å². The van der Waals surface area contributed by atoms with Crippen LogP contribution in [0.2, 0.25) is 0 Å². The van der Waals surface area contributed by atoms with Crippen molar-refractivity contribution in [1.82, 2.24) is 4.90 Å². The first kappa shape index (κ1) is 17.9. The van der Waals surface area contributed by atoms with E-state index in [1.165, 1.54) is 36.5 Å². The molecule has 0 N–H and O–H groups in total. The van der Waals surface area contributed by atoms with Gasteiger partial charge in [-0.15, -0.1) is 0 Å². The van der Waals surface area contributed by atoms with Crippen LogP contribution in [0.5, 0.6) is 5.75 Å². The number of benzene rings is 1. The molecule has 3 rings (SSSR count). The molecule has 2 saturated heterocycles. The number of ether oxygens (including phenoxy) is 1. The number of halogens is 3. The van der Waals surface area contributed by atoms with Gasteiger partial charge in [0.25, 0.3) is 0 Å². The van der Waals surface area contributed by atoms with Gasteiger partial charge < -0.3 is 4.74 Å². The van der Waals surface area contributed by atoms with Crippen LogP contribution in [0.1, 0.15) is 32.3 Å². The fraction of sp³-hybridized carbons (Fsp3) is 0.667. The molecule has 2 fully saturated rings. The van der Waals surface area contributed by atoms with Gasteiger partial charge in [0.1, 0.15) is 11.4 Å². The maximum absolute atomic E-state index is 12.6. The van der Waals surface area contributed by atoms with Crippen molar-refractivity contribution in [3.63, 3.8) is 0 Å². The Balaban J connectivity index is 1.54. The average molecular weight is 359 g/mol. The predicted molar refractivity (Wildman–Crippen MR) is 91.6 cm³/mol. The molecule has 2 heterocycles. The number of thioether (sulfide) groups is 1. The number of hydrogen-bond donors (Lipinski definition) is 0. The SMILES string of the molecule is CC(C)(CN1CCC2(CC1)CSC2)Oc1ccc(C(F)(F)F)cc1. The van der Waals surface area contributed by atoms with Gasteiger partial charge >= 0.3 is 6.18 Å². The maximum atomic E-state index is 12.6. The summed E-state index contributed by atoms with van der Waals surface area (Å²) < 4.78 is 43.8. The van der Waals surface area contributed by atoms with Crippen LogP contribution in [0.25, 0.3) is 0 Å². The maximum Gasteiger partial charge on any atom is 0.416 e. The predicted octanol–water partition coefficient (Wildman–Crippen LogP) is 4.69. The Kier molecular flexibility index (Phi) is 4.82. The number of piperidine rings is 1. The zero-order valence-corrected chi connectivity index (χ0v) is 15.0. The minimum Gasteiger partial charge on any atom is -0.487 e. The van der Waals surface area contributed by atoms with Crippen molar-refractivity contribution < 1.29 is 17.9 Å². The Labute approximate surface area is 145 Å². The van der Waals surface area contributed by atoms with Gasteiger partial charge in [-0.3, -0.25) is 4.90 Å². The van der Waals surface area contributed by atoms with Crippen molar-refractivity contribution in [2.45, 2.75) is 38.5 Å². The number of alkyl halides is 3. The third-order valence-corrected chi connectivity index (χ3v) is 6.55. The summed E-state index contributed by atoms with van der Waals surface area (Å²) in [4.78, 5) is 2.42. The number of hydrogen-bond acceptors (Lipinski definition) is 3. The highest BCUT2D eigenvalue weighted by Crippen LogP contribution is 2.46. The molecule has 0 atom stereocenters. The highest BCUT2D eigenvalue weighted by atomic mass is 32.2. The zero-order valence-electron chi connectivity index (χ0n) is 14.2. The van der Waals surface area contributed by atoms with Crippen molar-refractivity contribution in [2.24, 2.45) is 5.41 Å². The molecule has 2 nitrogen and oxygen atoms in total. The lowest BCUT2D eigenvalue weighted by Gasteiger charge is -2.48. The molecule has 1 aromatic rings. The molecule has 1 spiro atoms. The summed E-state index contributed by atoms with van der Waals surface area (Å²) in [5.74, 6) is 3.08. The Bertz CT molecular complexity index is 557. The summed E-state index contributed by atoms with van der Waals surface area (Å²) in [5.41, 5.74) is -0.495. The molecule has 0 amide bonds. The first-order valence-electron chi connectivity index (χ1n) is 8.34. The lowest BCUT2D eigenvalue weighted by molar-refractivity contribution is -0.137. The van der Waals surface area contributed by atoms with Gasteiger partial charge in [0.05, 0.1) is 5.56 Å². The molecular weight excluding hydrogens is 335 g/mol. The summed E-state index contributed by atoms with van der Waals surface area (Å²) in [6, 6.07) is 4.96. The molecule has 2 aliphatic rings. The first-order chi connectivity index (χ1) is 11.2. The van der Waals surface area contributed by atoms with E-state index in [-0.39, 0.29) is 0 Å². The van der Waals surface area contributed by atoms with Gasteiger partial charge in [-0.25, -0.2) is 0 Å². The van der Waals surface area contributed by atoms with Crippen molar-refractivity contribution in [2.75, 3.05) is 31.1 Å². The van der Waals surface area contributed by atoms with Crippen LogP contribution in [0.4, 0.5) is 13.2 Å². The van der Waals surface area contributed by atoms with E-state index in [1.54, 1.807) is 0 Å². The first-order valence-corrected chi connectivity index (χ1v) is 9.50. The monoisotopic (exact) mass is 359 g/mol. The number of rotatable bonds is 4. The second-order valence-electron chi connectivity index (χ2n) is 7.65. The van der Waals surface area contributed by atoms with Gasteiger partial charge in [0, 0.05) is 6.54 Å². The van der Waals surface area contributed by atoms with Crippen LogP contribution in [0.15, 0.2) is 24.3 Å². The number of likely N-dealkylation sites (tertiary alicyclic amines) is 1. The van der Waals surface area contributed by atoms with E-state index in [9.17, 15) is 13.2 Å². The van der Waals surface area contributed by atoms with E-state index in [2.05, 4.69) is 4.90 Å². The topological polar surface area (TPSA) is 12.5 Å². The molecule has 1 aromatic carbocycles. The smallest absolute Gasteiger partial charge is 0.416 e. The molecule has 0 aliphatic carbocycles. The van der Waals surface area contributed by atoms with E-state index >= 15 is 0 Å². The average Bonchev–Trinajstić information content (AvgIpc) is 2.45. The fourth-order valence-corrected chi connectivity index (χ4v) is 4.83. The van der Waals surface area contributed by atoms with Crippen molar-refractivity contribution >= 4 is 11.8 Å². The van der Waals surface area contributed by atoms with Gasteiger partial charge in [-0.05, 0) is 81.0 Å². The molecule has 0 radical (unpaired) electrons. The molecular formula is C18H24F3NOS. The standard InChI is InChI=1S/C18H24F3NOS/c1-16(2,11-22-9-7-17(8-10-22)12-24-13-17)23-15-5-3-14(4-6-15)18(19,20)21/h3-6H,7-13H2,1-2H3. The van der Waals surface area contributed by atoms with Gasteiger partial charge in [0.15, 0.2) is 0 Å². The van der Waals surface area contributed by atoms with E-state index in [0.717, 1.165) is 31.8 Å². The molecule has 0 unspecified atom stereocenters. The quantitative estimate of drug-likeness (QED) is 0.774. The van der Waals surface area contributed by atoms with E-state index < -0.39 is 17.3 Å². The van der Waals surface area contributed by atoms with Crippen molar-refractivity contribution in [1.29, 1.82) is 0 Å². The summed E-state index contributed by atoms with van der Waals surface area (Å²) >= 11 is 2.04. The van der Waals surface area contributed by atoms with E-state index in [0.29, 0.717) is 11.2 Å².